The molecule has 1 atom stereocenters. The molecule has 19 heavy (non-hydrogen) atoms. The van der Waals surface area contributed by atoms with Gasteiger partial charge < -0.3 is 15.6 Å². The summed E-state index contributed by atoms with van der Waals surface area (Å²) >= 11 is 1.32. The Labute approximate surface area is 116 Å². The smallest absolute Gasteiger partial charge is 0.320 e. The van der Waals surface area contributed by atoms with Gasteiger partial charge in [0.1, 0.15) is 12.6 Å². The van der Waals surface area contributed by atoms with Gasteiger partial charge in [-0.15, -0.1) is 0 Å². The first-order valence-electron chi connectivity index (χ1n) is 5.85. The van der Waals surface area contributed by atoms with Crippen molar-refractivity contribution < 1.29 is 19.4 Å². The van der Waals surface area contributed by atoms with E-state index in [4.69, 9.17) is 15.6 Å². The van der Waals surface area contributed by atoms with Crippen molar-refractivity contribution in [3.05, 3.63) is 35.9 Å². The van der Waals surface area contributed by atoms with E-state index in [9.17, 15) is 9.59 Å². The standard InChI is InChI=1S/C13H17NO4S/c14-11(13(16)17)6-7-19-9-12(15)18-8-10-4-2-1-3-5-10/h1-5,11H,6-9,14H2,(H,16,17)/t11-/m1/s1. The second kappa shape index (κ2) is 8.55. The Morgan fingerprint density at radius 3 is 2.63 bits per heavy atom. The summed E-state index contributed by atoms with van der Waals surface area (Å²) in [5.41, 5.74) is 6.28. The van der Waals surface area contributed by atoms with Gasteiger partial charge in [-0.1, -0.05) is 30.3 Å². The number of aliphatic carboxylic acids is 1. The Bertz CT molecular complexity index is 410. The zero-order chi connectivity index (χ0) is 14.1. The van der Waals surface area contributed by atoms with Crippen LogP contribution in [0.4, 0.5) is 0 Å². The first kappa shape index (κ1) is 15.5. The molecule has 104 valence electrons. The molecule has 1 aromatic carbocycles. The molecule has 0 aliphatic heterocycles. The second-order valence-electron chi connectivity index (χ2n) is 3.93. The third kappa shape index (κ3) is 6.83. The van der Waals surface area contributed by atoms with Gasteiger partial charge in [0, 0.05) is 0 Å². The van der Waals surface area contributed by atoms with Gasteiger partial charge in [0.05, 0.1) is 5.75 Å². The van der Waals surface area contributed by atoms with Gasteiger partial charge in [0.15, 0.2) is 0 Å². The predicted octanol–water partition coefficient (Wildman–Crippen LogP) is 1.26. The summed E-state index contributed by atoms with van der Waals surface area (Å²) in [6.07, 6.45) is 0.339. The van der Waals surface area contributed by atoms with E-state index in [0.29, 0.717) is 12.2 Å². The lowest BCUT2D eigenvalue weighted by atomic mass is 10.2. The van der Waals surface area contributed by atoms with Crippen LogP contribution in [0.1, 0.15) is 12.0 Å². The van der Waals surface area contributed by atoms with Gasteiger partial charge in [-0.2, -0.15) is 11.8 Å². The average molecular weight is 283 g/mol. The maximum atomic E-state index is 11.4. The number of esters is 1. The number of benzene rings is 1. The van der Waals surface area contributed by atoms with Crippen molar-refractivity contribution in [3.8, 4) is 0 Å². The van der Waals surface area contributed by atoms with Gasteiger partial charge >= 0.3 is 11.9 Å². The van der Waals surface area contributed by atoms with Gasteiger partial charge in [0.25, 0.3) is 0 Å². The fraction of sp³-hybridized carbons (Fsp3) is 0.385. The van der Waals surface area contributed by atoms with E-state index in [1.807, 2.05) is 30.3 Å². The molecule has 0 bridgehead atoms. The van der Waals surface area contributed by atoms with Crippen molar-refractivity contribution in [3.63, 3.8) is 0 Å². The van der Waals surface area contributed by atoms with E-state index >= 15 is 0 Å². The number of rotatable bonds is 8. The maximum Gasteiger partial charge on any atom is 0.320 e. The molecule has 0 spiro atoms. The SMILES string of the molecule is N[C@H](CCSCC(=O)OCc1ccccc1)C(=O)O. The number of carboxylic acid groups (broad SMARTS) is 1. The molecule has 0 fully saturated rings. The molecular formula is C13H17NO4S. The quantitative estimate of drug-likeness (QED) is 0.551. The van der Waals surface area contributed by atoms with Crippen LogP contribution in [-0.4, -0.2) is 34.6 Å². The van der Waals surface area contributed by atoms with E-state index in [-0.39, 0.29) is 18.3 Å². The topological polar surface area (TPSA) is 89.6 Å². The van der Waals surface area contributed by atoms with Crippen LogP contribution in [-0.2, 0) is 20.9 Å². The first-order chi connectivity index (χ1) is 9.09. The lowest BCUT2D eigenvalue weighted by molar-refractivity contribution is -0.141. The fourth-order valence-electron chi connectivity index (χ4n) is 1.27. The highest BCUT2D eigenvalue weighted by Crippen LogP contribution is 2.07. The molecule has 0 aliphatic rings. The van der Waals surface area contributed by atoms with Crippen LogP contribution >= 0.6 is 11.8 Å². The van der Waals surface area contributed by atoms with E-state index in [1.165, 1.54) is 11.8 Å². The third-order valence-electron chi connectivity index (χ3n) is 2.35. The van der Waals surface area contributed by atoms with Crippen LogP contribution in [0.25, 0.3) is 0 Å². The van der Waals surface area contributed by atoms with Crippen molar-refractivity contribution >= 4 is 23.7 Å². The highest BCUT2D eigenvalue weighted by molar-refractivity contribution is 7.99. The lowest BCUT2D eigenvalue weighted by Crippen LogP contribution is -2.30. The summed E-state index contributed by atoms with van der Waals surface area (Å²) in [6, 6.07) is 8.55. The van der Waals surface area contributed by atoms with Gasteiger partial charge in [-0.3, -0.25) is 9.59 Å². The Balaban J connectivity index is 2.10. The number of carbonyl (C=O) groups excluding carboxylic acids is 1. The van der Waals surface area contributed by atoms with E-state index in [0.717, 1.165) is 5.56 Å². The Kier molecular flexibility index (Phi) is 6.99. The molecule has 1 rings (SSSR count). The number of hydrogen-bond donors (Lipinski definition) is 2. The number of carboxylic acids is 1. The molecule has 3 N–H and O–H groups in total. The van der Waals surface area contributed by atoms with Crippen molar-refractivity contribution in [1.82, 2.24) is 0 Å². The number of nitrogens with two attached hydrogens (primary N) is 1. The zero-order valence-corrected chi connectivity index (χ0v) is 11.3. The summed E-state index contributed by atoms with van der Waals surface area (Å²) in [5, 5.41) is 8.57. The maximum absolute atomic E-state index is 11.4. The molecule has 0 radical (unpaired) electrons. The zero-order valence-electron chi connectivity index (χ0n) is 10.5. The normalized spacial score (nSPS) is 11.8. The summed E-state index contributed by atoms with van der Waals surface area (Å²) < 4.78 is 5.08. The van der Waals surface area contributed by atoms with Gasteiger partial charge in [-0.25, -0.2) is 0 Å². The lowest BCUT2D eigenvalue weighted by Gasteiger charge is -2.06. The molecule has 0 unspecified atom stereocenters. The molecule has 0 aliphatic carbocycles. The van der Waals surface area contributed by atoms with E-state index in [1.54, 1.807) is 0 Å². The number of thioether (sulfide) groups is 1. The average Bonchev–Trinajstić information content (AvgIpc) is 2.42. The molecule has 5 nitrogen and oxygen atoms in total. The molecule has 0 saturated carbocycles. The predicted molar refractivity (Wildman–Crippen MR) is 73.8 cm³/mol. The summed E-state index contributed by atoms with van der Waals surface area (Å²) in [4.78, 5) is 21.9. The monoisotopic (exact) mass is 283 g/mol. The van der Waals surface area contributed by atoms with Crippen LogP contribution in [0.5, 0.6) is 0 Å². The molecule has 6 heteroatoms. The van der Waals surface area contributed by atoms with Crippen molar-refractivity contribution in [2.24, 2.45) is 5.73 Å². The minimum Gasteiger partial charge on any atom is -0.480 e. The molecule has 0 saturated heterocycles. The van der Waals surface area contributed by atoms with E-state index in [2.05, 4.69) is 0 Å². The van der Waals surface area contributed by atoms with Gasteiger partial charge in [-0.05, 0) is 17.7 Å². The van der Waals surface area contributed by atoms with Crippen molar-refractivity contribution in [2.75, 3.05) is 11.5 Å². The second-order valence-corrected chi connectivity index (χ2v) is 5.04. The van der Waals surface area contributed by atoms with Crippen molar-refractivity contribution in [1.29, 1.82) is 0 Å². The number of hydrogen-bond acceptors (Lipinski definition) is 5. The summed E-state index contributed by atoms with van der Waals surface area (Å²) in [6.45, 7) is 0.259. The van der Waals surface area contributed by atoms with Crippen LogP contribution < -0.4 is 5.73 Å². The fourth-order valence-corrected chi connectivity index (χ4v) is 2.08. The molecular weight excluding hydrogens is 266 g/mol. The molecule has 0 heterocycles. The molecule has 0 amide bonds. The molecule has 1 aromatic rings. The third-order valence-corrected chi connectivity index (χ3v) is 3.32. The minimum atomic E-state index is -1.02. The number of carbonyl (C=O) groups is 2. The molecule has 0 aromatic heterocycles. The van der Waals surface area contributed by atoms with Crippen LogP contribution in [0, 0.1) is 0 Å². The van der Waals surface area contributed by atoms with Crippen LogP contribution in [0.3, 0.4) is 0 Å². The largest absolute Gasteiger partial charge is 0.480 e. The number of ether oxygens (including phenoxy) is 1. The summed E-state index contributed by atoms with van der Waals surface area (Å²) in [7, 11) is 0. The van der Waals surface area contributed by atoms with E-state index < -0.39 is 12.0 Å². The minimum absolute atomic E-state index is 0.208. The van der Waals surface area contributed by atoms with Crippen molar-refractivity contribution in [2.45, 2.75) is 19.1 Å². The first-order valence-corrected chi connectivity index (χ1v) is 7.00. The highest BCUT2D eigenvalue weighted by atomic mass is 32.2. The summed E-state index contributed by atoms with van der Waals surface area (Å²) in [5.74, 6) is -0.599. The van der Waals surface area contributed by atoms with Crippen LogP contribution in [0.15, 0.2) is 30.3 Å². The Morgan fingerprint density at radius 2 is 2.00 bits per heavy atom. The highest BCUT2D eigenvalue weighted by Gasteiger charge is 2.11. The Hall–Kier alpha value is -1.53. The Morgan fingerprint density at radius 1 is 1.32 bits per heavy atom. The van der Waals surface area contributed by atoms with Gasteiger partial charge in [0.2, 0.25) is 0 Å². The van der Waals surface area contributed by atoms with Crippen LogP contribution in [0.2, 0.25) is 0 Å².